The summed E-state index contributed by atoms with van der Waals surface area (Å²) in [6.45, 7) is 0.642. The van der Waals surface area contributed by atoms with E-state index in [1.54, 1.807) is 0 Å². The standard InChI is InChI=1S/C27H39N3O3/c28-23(18-21-12-6-4-7-13-21)20-26(32)30-17-11-3-1-2-10-16-25(31)27(33)24(29)19-22-14-8-5-9-15-22/h4-9,12-15,23-24,27,33H,1-3,10-11,16-20,28-29H2,(H,30,32). The quantitative estimate of drug-likeness (QED) is 0.292. The van der Waals surface area contributed by atoms with Gasteiger partial charge in [0, 0.05) is 31.5 Å². The summed E-state index contributed by atoms with van der Waals surface area (Å²) in [6.07, 6.45) is 5.27. The highest BCUT2D eigenvalue weighted by Gasteiger charge is 2.22. The van der Waals surface area contributed by atoms with Crippen LogP contribution in [0.4, 0.5) is 0 Å². The molecule has 1 amide bonds. The molecule has 0 saturated carbocycles. The second-order valence-electron chi connectivity index (χ2n) is 8.79. The van der Waals surface area contributed by atoms with Crippen molar-refractivity contribution in [2.45, 2.75) is 76.0 Å². The molecule has 0 aromatic heterocycles. The number of nitrogens with two attached hydrogens (primary N) is 2. The number of ketones is 1. The molecule has 3 unspecified atom stereocenters. The minimum absolute atomic E-state index is 0.00939. The summed E-state index contributed by atoms with van der Waals surface area (Å²) in [7, 11) is 0. The fourth-order valence-electron chi connectivity index (χ4n) is 3.87. The molecule has 6 nitrogen and oxygen atoms in total. The van der Waals surface area contributed by atoms with Crippen LogP contribution in [0, 0.1) is 0 Å². The molecule has 0 radical (unpaired) electrons. The first-order chi connectivity index (χ1) is 16.0. The van der Waals surface area contributed by atoms with Crippen molar-refractivity contribution in [3.63, 3.8) is 0 Å². The Balaban J connectivity index is 1.47. The average molecular weight is 454 g/mol. The van der Waals surface area contributed by atoms with Crippen molar-refractivity contribution < 1.29 is 14.7 Å². The van der Waals surface area contributed by atoms with Crippen LogP contribution in [0.5, 0.6) is 0 Å². The SMILES string of the molecule is NC(CC(=O)NCCCCCCCC(=O)C(O)C(N)Cc1ccccc1)Cc1ccccc1. The van der Waals surface area contributed by atoms with Gasteiger partial charge in [0.1, 0.15) is 6.10 Å². The van der Waals surface area contributed by atoms with Crippen LogP contribution in [-0.4, -0.2) is 41.5 Å². The highest BCUT2D eigenvalue weighted by molar-refractivity contribution is 5.83. The lowest BCUT2D eigenvalue weighted by Gasteiger charge is -2.17. The fourth-order valence-corrected chi connectivity index (χ4v) is 3.87. The zero-order valence-electron chi connectivity index (χ0n) is 19.5. The van der Waals surface area contributed by atoms with E-state index in [1.807, 2.05) is 60.7 Å². The summed E-state index contributed by atoms with van der Waals surface area (Å²) in [6, 6.07) is 18.8. The van der Waals surface area contributed by atoms with E-state index >= 15 is 0 Å². The number of unbranched alkanes of at least 4 members (excludes halogenated alkanes) is 4. The first-order valence-corrected chi connectivity index (χ1v) is 12.0. The summed E-state index contributed by atoms with van der Waals surface area (Å²) in [5, 5.41) is 13.1. The smallest absolute Gasteiger partial charge is 0.221 e. The largest absolute Gasteiger partial charge is 0.384 e. The van der Waals surface area contributed by atoms with Crippen molar-refractivity contribution in [1.82, 2.24) is 5.32 Å². The molecule has 6 N–H and O–H groups in total. The van der Waals surface area contributed by atoms with Gasteiger partial charge in [0.25, 0.3) is 0 Å². The normalized spacial score (nSPS) is 13.8. The van der Waals surface area contributed by atoms with E-state index in [1.165, 1.54) is 0 Å². The van der Waals surface area contributed by atoms with Crippen molar-refractivity contribution in [3.8, 4) is 0 Å². The highest BCUT2D eigenvalue weighted by atomic mass is 16.3. The Hall–Kier alpha value is -2.54. The third kappa shape index (κ3) is 11.2. The van der Waals surface area contributed by atoms with Gasteiger partial charge in [-0.15, -0.1) is 0 Å². The molecule has 0 aliphatic rings. The van der Waals surface area contributed by atoms with Gasteiger partial charge in [0.05, 0.1) is 0 Å². The first kappa shape index (κ1) is 26.7. The van der Waals surface area contributed by atoms with Gasteiger partial charge in [0.2, 0.25) is 5.91 Å². The van der Waals surface area contributed by atoms with Crippen molar-refractivity contribution in [2.24, 2.45) is 11.5 Å². The summed E-state index contributed by atoms with van der Waals surface area (Å²) in [5.74, 6) is -0.192. The molecule has 0 spiro atoms. The molecule has 180 valence electrons. The van der Waals surface area contributed by atoms with E-state index in [0.29, 0.717) is 32.2 Å². The lowest BCUT2D eigenvalue weighted by Crippen LogP contribution is -2.42. The van der Waals surface area contributed by atoms with E-state index in [9.17, 15) is 14.7 Å². The molecule has 3 atom stereocenters. The molecule has 0 saturated heterocycles. The zero-order chi connectivity index (χ0) is 23.9. The lowest BCUT2D eigenvalue weighted by atomic mass is 9.97. The van der Waals surface area contributed by atoms with E-state index in [-0.39, 0.29) is 17.7 Å². The Morgan fingerprint density at radius 2 is 1.33 bits per heavy atom. The molecule has 33 heavy (non-hydrogen) atoms. The van der Waals surface area contributed by atoms with Crippen LogP contribution in [0.15, 0.2) is 60.7 Å². The predicted octanol–water partition coefficient (Wildman–Crippen LogP) is 2.90. The molecule has 6 heteroatoms. The van der Waals surface area contributed by atoms with Gasteiger partial charge in [-0.2, -0.15) is 0 Å². The third-order valence-electron chi connectivity index (χ3n) is 5.76. The van der Waals surface area contributed by atoms with Crippen molar-refractivity contribution in [3.05, 3.63) is 71.8 Å². The van der Waals surface area contributed by atoms with Crippen LogP contribution < -0.4 is 16.8 Å². The number of aliphatic hydroxyl groups excluding tert-OH is 1. The Kier molecular flexibility index (Phi) is 12.4. The van der Waals surface area contributed by atoms with Gasteiger partial charge >= 0.3 is 0 Å². The summed E-state index contributed by atoms with van der Waals surface area (Å²) >= 11 is 0. The first-order valence-electron chi connectivity index (χ1n) is 12.0. The molecular weight excluding hydrogens is 414 g/mol. The van der Waals surface area contributed by atoms with Crippen LogP contribution in [0.1, 0.15) is 56.1 Å². The maximum atomic E-state index is 12.2. The number of amides is 1. The van der Waals surface area contributed by atoms with Crippen molar-refractivity contribution >= 4 is 11.7 Å². The molecule has 2 rings (SSSR count). The number of Topliss-reactive ketones (excluding diaryl/α,β-unsaturated/α-hetero) is 1. The number of nitrogens with one attached hydrogen (secondary N) is 1. The van der Waals surface area contributed by atoms with Gasteiger partial charge in [-0.3, -0.25) is 9.59 Å². The molecule has 0 fully saturated rings. The minimum Gasteiger partial charge on any atom is -0.384 e. The van der Waals surface area contributed by atoms with Crippen molar-refractivity contribution in [2.75, 3.05) is 6.54 Å². The average Bonchev–Trinajstić information content (AvgIpc) is 2.81. The second-order valence-corrected chi connectivity index (χ2v) is 8.79. The number of hydrogen-bond donors (Lipinski definition) is 4. The second kappa shape index (κ2) is 15.3. The van der Waals surface area contributed by atoms with Crippen LogP contribution >= 0.6 is 0 Å². The third-order valence-corrected chi connectivity index (χ3v) is 5.76. The molecular formula is C27H39N3O3. The molecule has 0 aliphatic carbocycles. The van der Waals surface area contributed by atoms with Gasteiger partial charge in [-0.05, 0) is 36.8 Å². The van der Waals surface area contributed by atoms with Crippen LogP contribution in [0.2, 0.25) is 0 Å². The monoisotopic (exact) mass is 453 g/mol. The topological polar surface area (TPSA) is 118 Å². The van der Waals surface area contributed by atoms with E-state index in [4.69, 9.17) is 11.5 Å². The lowest BCUT2D eigenvalue weighted by molar-refractivity contribution is -0.128. The molecule has 2 aromatic rings. The number of aliphatic hydroxyl groups is 1. The maximum absolute atomic E-state index is 12.2. The number of carbonyl (C=O) groups excluding carboxylic acids is 2. The summed E-state index contributed by atoms with van der Waals surface area (Å²) < 4.78 is 0. The molecule has 0 aliphatic heterocycles. The number of benzene rings is 2. The van der Waals surface area contributed by atoms with E-state index < -0.39 is 12.1 Å². The molecule has 0 bridgehead atoms. The highest BCUT2D eigenvalue weighted by Crippen LogP contribution is 2.10. The Morgan fingerprint density at radius 1 is 0.788 bits per heavy atom. The Morgan fingerprint density at radius 3 is 1.97 bits per heavy atom. The number of hydrogen-bond acceptors (Lipinski definition) is 5. The molecule has 0 heterocycles. The molecule has 2 aromatic carbocycles. The Bertz CT molecular complexity index is 814. The van der Waals surface area contributed by atoms with Crippen LogP contribution in [-0.2, 0) is 22.4 Å². The number of carbonyl (C=O) groups is 2. The minimum atomic E-state index is -1.12. The Labute approximate surface area is 197 Å². The van der Waals surface area contributed by atoms with Gasteiger partial charge in [-0.1, -0.05) is 79.9 Å². The van der Waals surface area contributed by atoms with Gasteiger partial charge < -0.3 is 21.9 Å². The van der Waals surface area contributed by atoms with E-state index in [0.717, 1.165) is 43.2 Å². The van der Waals surface area contributed by atoms with Crippen molar-refractivity contribution in [1.29, 1.82) is 0 Å². The predicted molar refractivity (Wildman–Crippen MR) is 133 cm³/mol. The van der Waals surface area contributed by atoms with E-state index in [2.05, 4.69) is 5.32 Å². The maximum Gasteiger partial charge on any atom is 0.221 e. The van der Waals surface area contributed by atoms with Crippen LogP contribution in [0.3, 0.4) is 0 Å². The summed E-state index contributed by atoms with van der Waals surface area (Å²) in [5.41, 5.74) is 14.3. The zero-order valence-corrected chi connectivity index (χ0v) is 19.5. The van der Waals surface area contributed by atoms with Gasteiger partial charge in [-0.25, -0.2) is 0 Å². The fraction of sp³-hybridized carbons (Fsp3) is 0.481. The van der Waals surface area contributed by atoms with Crippen LogP contribution in [0.25, 0.3) is 0 Å². The van der Waals surface area contributed by atoms with Gasteiger partial charge in [0.15, 0.2) is 5.78 Å². The number of rotatable bonds is 16. The summed E-state index contributed by atoms with van der Waals surface area (Å²) in [4.78, 5) is 24.2.